The number of nitrogens with zero attached hydrogens (tertiary/aromatic N) is 1. The third kappa shape index (κ3) is 2.96. The van der Waals surface area contributed by atoms with Crippen molar-refractivity contribution in [3.05, 3.63) is 29.8 Å². The highest BCUT2D eigenvalue weighted by Gasteiger charge is 2.04. The topological polar surface area (TPSA) is 29.5 Å². The molecule has 0 aliphatic rings. The van der Waals surface area contributed by atoms with E-state index in [0.717, 1.165) is 11.3 Å². The Hall–Kier alpha value is -1.16. The molecule has 0 heterocycles. The number of thiol groups is 1. The molecule has 3 nitrogen and oxygen atoms in total. The molecule has 0 N–H and O–H groups in total. The van der Waals surface area contributed by atoms with E-state index in [2.05, 4.69) is 12.6 Å². The van der Waals surface area contributed by atoms with Gasteiger partial charge in [-0.3, -0.25) is 4.79 Å². The predicted octanol–water partition coefficient (Wildman–Crippen LogP) is 2.18. The Morgan fingerprint density at radius 3 is 2.86 bits per heavy atom. The van der Waals surface area contributed by atoms with Gasteiger partial charge in [0.25, 0.3) is 5.24 Å². The summed E-state index contributed by atoms with van der Waals surface area (Å²) < 4.78 is 5.07. The standard InChI is InChI=1S/C10H13NO2S/c1-11(10(12)14)7-8-4-3-5-9(6-8)13-2/h3-6H,7H2,1-2H3,(H,12,14). The minimum Gasteiger partial charge on any atom is -0.497 e. The van der Waals surface area contributed by atoms with Gasteiger partial charge in [0, 0.05) is 13.6 Å². The van der Waals surface area contributed by atoms with E-state index in [9.17, 15) is 4.79 Å². The Morgan fingerprint density at radius 2 is 2.29 bits per heavy atom. The van der Waals surface area contributed by atoms with Crippen molar-refractivity contribution in [2.75, 3.05) is 14.2 Å². The minimum absolute atomic E-state index is 0.243. The van der Waals surface area contributed by atoms with Crippen molar-refractivity contribution in [1.29, 1.82) is 0 Å². The summed E-state index contributed by atoms with van der Waals surface area (Å²) in [6, 6.07) is 7.60. The number of amides is 1. The van der Waals surface area contributed by atoms with E-state index in [0.29, 0.717) is 6.54 Å². The lowest BCUT2D eigenvalue weighted by Crippen LogP contribution is -2.20. The van der Waals surface area contributed by atoms with Crippen molar-refractivity contribution in [1.82, 2.24) is 4.90 Å². The smallest absolute Gasteiger partial charge is 0.278 e. The molecule has 1 aromatic rings. The summed E-state index contributed by atoms with van der Waals surface area (Å²) in [6.45, 7) is 0.541. The average molecular weight is 211 g/mol. The van der Waals surface area contributed by atoms with Crippen molar-refractivity contribution in [3.63, 3.8) is 0 Å². The minimum atomic E-state index is -0.243. The Morgan fingerprint density at radius 1 is 1.57 bits per heavy atom. The molecule has 0 atom stereocenters. The summed E-state index contributed by atoms with van der Waals surface area (Å²) >= 11 is 3.73. The number of rotatable bonds is 3. The highest BCUT2D eigenvalue weighted by molar-refractivity contribution is 7.96. The lowest BCUT2D eigenvalue weighted by molar-refractivity contribution is 0.232. The number of benzene rings is 1. The van der Waals surface area contributed by atoms with Gasteiger partial charge in [-0.1, -0.05) is 24.8 Å². The van der Waals surface area contributed by atoms with Crippen LogP contribution >= 0.6 is 12.6 Å². The zero-order chi connectivity index (χ0) is 10.6. The van der Waals surface area contributed by atoms with Gasteiger partial charge >= 0.3 is 0 Å². The van der Waals surface area contributed by atoms with Crippen LogP contribution in [-0.2, 0) is 6.54 Å². The van der Waals surface area contributed by atoms with E-state index in [1.165, 1.54) is 4.90 Å². The molecular weight excluding hydrogens is 198 g/mol. The van der Waals surface area contributed by atoms with Crippen LogP contribution in [0.3, 0.4) is 0 Å². The van der Waals surface area contributed by atoms with Crippen molar-refractivity contribution < 1.29 is 9.53 Å². The van der Waals surface area contributed by atoms with E-state index in [4.69, 9.17) is 4.74 Å². The van der Waals surface area contributed by atoms with Gasteiger partial charge < -0.3 is 9.64 Å². The number of ether oxygens (including phenoxy) is 1. The number of methoxy groups -OCH3 is 1. The summed E-state index contributed by atoms with van der Waals surface area (Å²) in [5.74, 6) is 0.794. The zero-order valence-electron chi connectivity index (χ0n) is 8.23. The van der Waals surface area contributed by atoms with Gasteiger partial charge in [0.15, 0.2) is 0 Å². The normalized spacial score (nSPS) is 9.64. The largest absolute Gasteiger partial charge is 0.497 e. The van der Waals surface area contributed by atoms with Crippen molar-refractivity contribution in [3.8, 4) is 5.75 Å². The van der Waals surface area contributed by atoms with E-state index in [1.807, 2.05) is 24.3 Å². The van der Waals surface area contributed by atoms with E-state index >= 15 is 0 Å². The molecule has 0 bridgehead atoms. The predicted molar refractivity (Wildman–Crippen MR) is 58.8 cm³/mol. The van der Waals surface area contributed by atoms with Crippen LogP contribution in [0.2, 0.25) is 0 Å². The Labute approximate surface area is 89.1 Å². The lowest BCUT2D eigenvalue weighted by atomic mass is 10.2. The molecule has 0 unspecified atom stereocenters. The molecule has 0 aliphatic carbocycles. The molecule has 0 fully saturated rings. The van der Waals surface area contributed by atoms with Crippen LogP contribution in [0, 0.1) is 0 Å². The maximum absolute atomic E-state index is 10.9. The van der Waals surface area contributed by atoms with Gasteiger partial charge in [0.1, 0.15) is 5.75 Å². The maximum Gasteiger partial charge on any atom is 0.278 e. The van der Waals surface area contributed by atoms with Gasteiger partial charge in [0.2, 0.25) is 0 Å². The molecule has 0 aromatic heterocycles. The third-order valence-electron chi connectivity index (χ3n) is 1.88. The number of hydrogen-bond acceptors (Lipinski definition) is 2. The van der Waals surface area contributed by atoms with Crippen LogP contribution in [0.1, 0.15) is 5.56 Å². The van der Waals surface area contributed by atoms with Crippen LogP contribution in [0.25, 0.3) is 0 Å². The molecular formula is C10H13NO2S. The Balaban J connectivity index is 2.71. The van der Waals surface area contributed by atoms with E-state index in [-0.39, 0.29) is 5.24 Å². The molecule has 1 amide bonds. The highest BCUT2D eigenvalue weighted by Crippen LogP contribution is 2.14. The summed E-state index contributed by atoms with van der Waals surface area (Å²) in [5, 5.41) is -0.243. The average Bonchev–Trinajstić information content (AvgIpc) is 2.18. The van der Waals surface area contributed by atoms with Crippen molar-refractivity contribution in [2.24, 2.45) is 0 Å². The number of carbonyl (C=O) groups excluding carboxylic acids is 1. The first-order valence-electron chi connectivity index (χ1n) is 4.20. The van der Waals surface area contributed by atoms with Gasteiger partial charge in [-0.2, -0.15) is 0 Å². The molecule has 0 saturated heterocycles. The van der Waals surface area contributed by atoms with Crippen LogP contribution in [0.5, 0.6) is 5.75 Å². The van der Waals surface area contributed by atoms with Gasteiger partial charge in [0.05, 0.1) is 7.11 Å². The molecule has 0 radical (unpaired) electrons. The van der Waals surface area contributed by atoms with Crippen LogP contribution in [0.4, 0.5) is 4.79 Å². The number of carbonyl (C=O) groups is 1. The second-order valence-corrected chi connectivity index (χ2v) is 3.37. The monoisotopic (exact) mass is 211 g/mol. The van der Waals surface area contributed by atoms with Crippen molar-refractivity contribution >= 4 is 17.9 Å². The maximum atomic E-state index is 10.9. The summed E-state index contributed by atoms with van der Waals surface area (Å²) in [4.78, 5) is 12.4. The van der Waals surface area contributed by atoms with Crippen LogP contribution < -0.4 is 4.74 Å². The zero-order valence-corrected chi connectivity index (χ0v) is 9.12. The fourth-order valence-corrected chi connectivity index (χ4v) is 1.18. The molecule has 0 aliphatic heterocycles. The molecule has 1 aromatic carbocycles. The fraction of sp³-hybridized carbons (Fsp3) is 0.300. The molecule has 0 spiro atoms. The molecule has 4 heteroatoms. The Kier molecular flexibility index (Phi) is 3.83. The van der Waals surface area contributed by atoms with Crippen molar-refractivity contribution in [2.45, 2.75) is 6.54 Å². The second kappa shape index (κ2) is 4.91. The first-order chi connectivity index (χ1) is 6.63. The van der Waals surface area contributed by atoms with E-state index < -0.39 is 0 Å². The summed E-state index contributed by atoms with van der Waals surface area (Å²) in [5.41, 5.74) is 1.02. The Bertz CT molecular complexity index is 328. The van der Waals surface area contributed by atoms with Gasteiger partial charge in [-0.25, -0.2) is 0 Å². The molecule has 76 valence electrons. The molecule has 0 saturated carbocycles. The van der Waals surface area contributed by atoms with Gasteiger partial charge in [-0.15, -0.1) is 0 Å². The summed E-state index contributed by atoms with van der Waals surface area (Å²) in [7, 11) is 3.32. The second-order valence-electron chi connectivity index (χ2n) is 2.99. The molecule has 1 rings (SSSR count). The quantitative estimate of drug-likeness (QED) is 0.776. The van der Waals surface area contributed by atoms with Gasteiger partial charge in [-0.05, 0) is 17.7 Å². The number of hydrogen-bond donors (Lipinski definition) is 1. The first kappa shape index (κ1) is 10.9. The van der Waals surface area contributed by atoms with E-state index in [1.54, 1.807) is 14.2 Å². The lowest BCUT2D eigenvalue weighted by Gasteiger charge is -2.14. The molecule has 14 heavy (non-hydrogen) atoms. The van der Waals surface area contributed by atoms with Crippen LogP contribution in [-0.4, -0.2) is 24.3 Å². The fourth-order valence-electron chi connectivity index (χ4n) is 1.11. The highest BCUT2D eigenvalue weighted by atomic mass is 32.1. The third-order valence-corrected chi connectivity index (χ3v) is 2.22. The first-order valence-corrected chi connectivity index (χ1v) is 4.65. The SMILES string of the molecule is COc1cccc(CN(C)C(=O)S)c1. The summed E-state index contributed by atoms with van der Waals surface area (Å²) in [6.07, 6.45) is 0. The van der Waals surface area contributed by atoms with Crippen LogP contribution in [0.15, 0.2) is 24.3 Å².